The zero-order valence-electron chi connectivity index (χ0n) is 21.6. The molecule has 2 saturated carbocycles. The summed E-state index contributed by atoms with van der Waals surface area (Å²) in [7, 11) is 0. The Hall–Kier alpha value is -1.51. The van der Waals surface area contributed by atoms with Crippen molar-refractivity contribution in [1.82, 2.24) is 0 Å². The van der Waals surface area contributed by atoms with Gasteiger partial charge in [0.05, 0.1) is 5.97 Å². The second-order valence-electron chi connectivity index (χ2n) is 11.7. The van der Waals surface area contributed by atoms with E-state index in [1.165, 1.54) is 44.2 Å². The Kier molecular flexibility index (Phi) is 8.33. The van der Waals surface area contributed by atoms with Crippen LogP contribution in [0.15, 0.2) is 18.2 Å². The van der Waals surface area contributed by atoms with Crippen LogP contribution in [-0.4, -0.2) is 18.1 Å². The van der Waals surface area contributed by atoms with E-state index in [2.05, 4.69) is 65.5 Å². The highest BCUT2D eigenvalue weighted by molar-refractivity contribution is 5.88. The van der Waals surface area contributed by atoms with Gasteiger partial charge in [0, 0.05) is 23.3 Å². The fraction of sp³-hybridized carbons (Fsp3) is 0.759. The minimum atomic E-state index is -1.06. The first-order chi connectivity index (χ1) is 15.1. The Balaban J connectivity index is 2.13. The molecule has 0 aliphatic heterocycles. The van der Waals surface area contributed by atoms with Crippen LogP contribution in [0.3, 0.4) is 0 Å². The molecule has 3 heteroatoms. The van der Waals surface area contributed by atoms with Gasteiger partial charge in [-0.3, -0.25) is 0 Å². The Morgan fingerprint density at radius 3 is 1.84 bits per heavy atom. The molecule has 0 amide bonds. The Labute approximate surface area is 197 Å². The molecule has 0 heterocycles. The Bertz CT molecular complexity index is 738. The summed E-state index contributed by atoms with van der Waals surface area (Å²) < 4.78 is 0. The largest absolute Gasteiger partial charge is 0.545 e. The molecule has 0 N–H and O–H groups in total. The maximum atomic E-state index is 11.7. The van der Waals surface area contributed by atoms with Crippen LogP contribution in [0.5, 0.6) is 0 Å². The Morgan fingerprint density at radius 1 is 0.938 bits per heavy atom. The van der Waals surface area contributed by atoms with Crippen molar-refractivity contribution in [2.24, 2.45) is 35.5 Å². The van der Waals surface area contributed by atoms with E-state index in [0.29, 0.717) is 47.7 Å². The summed E-state index contributed by atoms with van der Waals surface area (Å²) in [6.45, 7) is 16.5. The lowest BCUT2D eigenvalue weighted by molar-refractivity contribution is -0.255. The number of carbonyl (C=O) groups is 1. The molecule has 0 radical (unpaired) electrons. The summed E-state index contributed by atoms with van der Waals surface area (Å²) in [6.07, 6.45) is 8.44. The molecule has 6 unspecified atom stereocenters. The first-order valence-corrected chi connectivity index (χ1v) is 13.3. The fourth-order valence-electron chi connectivity index (χ4n) is 6.80. The number of hydrogen-bond donors (Lipinski definition) is 0. The second kappa shape index (κ2) is 10.6. The fourth-order valence-corrected chi connectivity index (χ4v) is 6.80. The molecule has 0 spiro atoms. The summed E-state index contributed by atoms with van der Waals surface area (Å²) in [5.74, 6) is 3.10. The van der Waals surface area contributed by atoms with Crippen molar-refractivity contribution < 1.29 is 9.90 Å². The van der Waals surface area contributed by atoms with Crippen LogP contribution in [-0.2, 0) is 6.42 Å². The number of aromatic carboxylic acids is 1. The van der Waals surface area contributed by atoms with Crippen molar-refractivity contribution in [1.29, 1.82) is 0 Å². The highest BCUT2D eigenvalue weighted by Crippen LogP contribution is 2.45. The first-order valence-electron chi connectivity index (χ1n) is 13.3. The molecule has 0 bridgehead atoms. The summed E-state index contributed by atoms with van der Waals surface area (Å²) in [5, 5.41) is 11.7. The Morgan fingerprint density at radius 2 is 1.44 bits per heavy atom. The third-order valence-electron chi connectivity index (χ3n) is 8.68. The standard InChI is InChI=1S/C29H47NO2/c1-8-22-17-23(11-14-26(22)29(31)32)30(27-15-20(6)9-12-24(27)18(2)3)28-16-21(7)10-13-25(28)19(4)5/h11,14,17-21,24-25,27-28H,8-10,12-13,15-16H2,1-7H3,(H,31,32)/p-1. The van der Waals surface area contributed by atoms with E-state index in [-0.39, 0.29) is 0 Å². The second-order valence-corrected chi connectivity index (χ2v) is 11.7. The van der Waals surface area contributed by atoms with Crippen molar-refractivity contribution in [2.45, 2.75) is 105 Å². The molecule has 32 heavy (non-hydrogen) atoms. The highest BCUT2D eigenvalue weighted by atomic mass is 16.4. The topological polar surface area (TPSA) is 43.4 Å². The van der Waals surface area contributed by atoms with E-state index < -0.39 is 5.97 Å². The molecule has 3 nitrogen and oxygen atoms in total. The zero-order chi connectivity index (χ0) is 23.6. The summed E-state index contributed by atoms with van der Waals surface area (Å²) in [6, 6.07) is 7.11. The number of aryl methyl sites for hydroxylation is 1. The van der Waals surface area contributed by atoms with Crippen LogP contribution in [0.1, 0.15) is 103 Å². The minimum absolute atomic E-state index is 0.353. The van der Waals surface area contributed by atoms with Crippen molar-refractivity contribution in [2.75, 3.05) is 4.90 Å². The molecule has 2 fully saturated rings. The number of nitrogens with zero attached hydrogens (tertiary/aromatic N) is 1. The average Bonchev–Trinajstić information content (AvgIpc) is 2.73. The van der Waals surface area contributed by atoms with Gasteiger partial charge in [0.1, 0.15) is 0 Å². The van der Waals surface area contributed by atoms with Crippen LogP contribution in [0.4, 0.5) is 5.69 Å². The number of carboxylic acids is 1. The van der Waals surface area contributed by atoms with Gasteiger partial charge in [0.2, 0.25) is 0 Å². The zero-order valence-corrected chi connectivity index (χ0v) is 21.6. The van der Waals surface area contributed by atoms with Gasteiger partial charge in [-0.25, -0.2) is 0 Å². The molecular formula is C29H46NO2-. The van der Waals surface area contributed by atoms with Gasteiger partial charge < -0.3 is 14.8 Å². The summed E-state index contributed by atoms with van der Waals surface area (Å²) in [4.78, 5) is 14.5. The van der Waals surface area contributed by atoms with Crippen LogP contribution in [0.25, 0.3) is 0 Å². The van der Waals surface area contributed by atoms with E-state index in [1.54, 1.807) is 0 Å². The lowest BCUT2D eigenvalue weighted by Gasteiger charge is -2.53. The minimum Gasteiger partial charge on any atom is -0.545 e. The third-order valence-corrected chi connectivity index (χ3v) is 8.68. The normalized spacial score (nSPS) is 31.2. The van der Waals surface area contributed by atoms with Gasteiger partial charge in [-0.1, -0.05) is 67.4 Å². The highest BCUT2D eigenvalue weighted by Gasteiger charge is 2.42. The lowest BCUT2D eigenvalue weighted by Crippen LogP contribution is -2.55. The molecule has 0 aromatic heterocycles. The first kappa shape index (κ1) is 25.1. The molecule has 1 aromatic rings. The molecular weight excluding hydrogens is 394 g/mol. The molecule has 2 aliphatic rings. The number of rotatable bonds is 7. The number of carboxylic acid groups (broad SMARTS) is 1. The predicted molar refractivity (Wildman–Crippen MR) is 133 cm³/mol. The molecule has 6 atom stereocenters. The van der Waals surface area contributed by atoms with Crippen LogP contribution >= 0.6 is 0 Å². The van der Waals surface area contributed by atoms with Gasteiger partial charge >= 0.3 is 0 Å². The van der Waals surface area contributed by atoms with E-state index in [9.17, 15) is 9.90 Å². The van der Waals surface area contributed by atoms with Crippen molar-refractivity contribution in [3.63, 3.8) is 0 Å². The summed E-state index contributed by atoms with van der Waals surface area (Å²) >= 11 is 0. The number of hydrogen-bond acceptors (Lipinski definition) is 3. The van der Waals surface area contributed by atoms with Gasteiger partial charge in [0.25, 0.3) is 0 Å². The van der Waals surface area contributed by atoms with Gasteiger partial charge in [0.15, 0.2) is 0 Å². The third kappa shape index (κ3) is 5.34. The molecule has 0 saturated heterocycles. The maximum Gasteiger partial charge on any atom is 0.0718 e. The summed E-state index contributed by atoms with van der Waals surface area (Å²) in [5.41, 5.74) is 2.50. The van der Waals surface area contributed by atoms with Crippen molar-refractivity contribution in [3.8, 4) is 0 Å². The monoisotopic (exact) mass is 440 g/mol. The number of anilines is 1. The smallest absolute Gasteiger partial charge is 0.0718 e. The van der Waals surface area contributed by atoms with Gasteiger partial charge in [-0.2, -0.15) is 0 Å². The average molecular weight is 441 g/mol. The molecule has 3 rings (SSSR count). The van der Waals surface area contributed by atoms with E-state index in [1.807, 2.05) is 6.07 Å². The number of benzene rings is 1. The lowest BCUT2D eigenvalue weighted by atomic mass is 9.69. The predicted octanol–water partition coefficient (Wildman–Crippen LogP) is 6.34. The van der Waals surface area contributed by atoms with Crippen LogP contribution < -0.4 is 10.0 Å². The van der Waals surface area contributed by atoms with E-state index >= 15 is 0 Å². The van der Waals surface area contributed by atoms with Gasteiger partial charge in [-0.05, 0) is 85.3 Å². The molecule has 180 valence electrons. The quantitative estimate of drug-likeness (QED) is 0.497. The molecule has 1 aromatic carbocycles. The van der Waals surface area contributed by atoms with E-state index in [4.69, 9.17) is 0 Å². The van der Waals surface area contributed by atoms with Crippen LogP contribution in [0, 0.1) is 35.5 Å². The van der Waals surface area contributed by atoms with E-state index in [0.717, 1.165) is 17.4 Å². The maximum absolute atomic E-state index is 11.7. The van der Waals surface area contributed by atoms with Gasteiger partial charge in [-0.15, -0.1) is 0 Å². The number of carbonyl (C=O) groups excluding carboxylic acids is 1. The van der Waals surface area contributed by atoms with Crippen molar-refractivity contribution in [3.05, 3.63) is 29.3 Å². The molecule has 2 aliphatic carbocycles. The van der Waals surface area contributed by atoms with Crippen molar-refractivity contribution >= 4 is 11.7 Å². The van der Waals surface area contributed by atoms with Crippen LogP contribution in [0.2, 0.25) is 0 Å². The SMILES string of the molecule is CCc1cc(N(C2CC(C)CCC2C(C)C)C2CC(C)CCC2C(C)C)ccc1C(=O)[O-].